The first-order valence-electron chi connectivity index (χ1n) is 7.42. The van der Waals surface area contributed by atoms with Crippen molar-refractivity contribution in [3.05, 3.63) is 58.2 Å². The summed E-state index contributed by atoms with van der Waals surface area (Å²) in [6.45, 7) is 0. The van der Waals surface area contributed by atoms with Crippen LogP contribution in [-0.4, -0.2) is 26.2 Å². The lowest BCUT2D eigenvalue weighted by molar-refractivity contribution is -0.140. The molecule has 0 amide bonds. The molecule has 1 heterocycles. The highest BCUT2D eigenvalue weighted by Crippen LogP contribution is 2.40. The summed E-state index contributed by atoms with van der Waals surface area (Å²) in [6, 6.07) is 10.2. The first-order valence-corrected chi connectivity index (χ1v) is 7.42. The van der Waals surface area contributed by atoms with Crippen LogP contribution in [0.4, 0.5) is 0 Å². The number of nitriles is 2. The molecule has 2 rings (SSSR count). The molecule has 0 unspecified atom stereocenters. The molecule has 1 aliphatic heterocycles. The summed E-state index contributed by atoms with van der Waals surface area (Å²) < 4.78 is 14.8. The fourth-order valence-corrected chi connectivity index (χ4v) is 2.57. The maximum atomic E-state index is 12.4. The molecule has 8 heteroatoms. The second-order valence-corrected chi connectivity index (χ2v) is 5.24. The lowest BCUT2D eigenvalue weighted by Gasteiger charge is -2.27. The Bertz CT molecular complexity index is 885. The van der Waals surface area contributed by atoms with Gasteiger partial charge in [-0.1, -0.05) is 12.1 Å². The fourth-order valence-electron chi connectivity index (χ4n) is 2.57. The topological polar surface area (TPSA) is 135 Å². The maximum absolute atomic E-state index is 12.4. The number of nitrogens with zero attached hydrogens (tertiary/aromatic N) is 2. The van der Waals surface area contributed by atoms with Crippen LogP contribution in [0.25, 0.3) is 0 Å². The highest BCUT2D eigenvalue weighted by molar-refractivity contribution is 5.93. The highest BCUT2D eigenvalue weighted by atomic mass is 16.5. The Morgan fingerprint density at radius 2 is 1.81 bits per heavy atom. The van der Waals surface area contributed by atoms with E-state index in [2.05, 4.69) is 4.74 Å². The van der Waals surface area contributed by atoms with E-state index in [4.69, 9.17) is 20.5 Å². The number of hydrogen-bond donors (Lipinski definition) is 1. The van der Waals surface area contributed by atoms with Crippen LogP contribution in [0, 0.1) is 22.7 Å². The zero-order valence-corrected chi connectivity index (χ0v) is 14.1. The second-order valence-electron chi connectivity index (χ2n) is 5.24. The standard InChI is InChI=1S/C18H15N3O5/c1-24-14(22)7-13-16(18(23)25-2)15(12(9-20)17(21)26-13)11-5-3-10(8-19)4-6-11/h3-6,15H,7,21H2,1-2H3/t15-/m1/s1. The lowest BCUT2D eigenvalue weighted by Crippen LogP contribution is -2.26. The van der Waals surface area contributed by atoms with E-state index in [1.165, 1.54) is 14.2 Å². The van der Waals surface area contributed by atoms with E-state index >= 15 is 0 Å². The number of allylic oxidation sites excluding steroid dienone is 1. The van der Waals surface area contributed by atoms with Crippen LogP contribution < -0.4 is 5.73 Å². The molecule has 0 saturated carbocycles. The summed E-state index contributed by atoms with van der Waals surface area (Å²) in [5.74, 6) is -2.57. The average molecular weight is 353 g/mol. The Morgan fingerprint density at radius 1 is 1.15 bits per heavy atom. The molecular formula is C18H15N3O5. The van der Waals surface area contributed by atoms with Crippen molar-refractivity contribution in [1.82, 2.24) is 0 Å². The minimum absolute atomic E-state index is 0.00345. The molecule has 1 aliphatic rings. The van der Waals surface area contributed by atoms with E-state index in [-0.39, 0.29) is 29.2 Å². The summed E-state index contributed by atoms with van der Waals surface area (Å²) in [6.07, 6.45) is -0.354. The van der Waals surface area contributed by atoms with Gasteiger partial charge in [-0.2, -0.15) is 10.5 Å². The summed E-state index contributed by atoms with van der Waals surface area (Å²) in [7, 11) is 2.37. The van der Waals surface area contributed by atoms with Gasteiger partial charge in [0.25, 0.3) is 0 Å². The molecule has 0 radical (unpaired) electrons. The van der Waals surface area contributed by atoms with Crippen molar-refractivity contribution >= 4 is 11.9 Å². The number of rotatable bonds is 4. The number of carbonyl (C=O) groups excluding carboxylic acids is 2. The van der Waals surface area contributed by atoms with Crippen LogP contribution in [0.3, 0.4) is 0 Å². The van der Waals surface area contributed by atoms with Crippen LogP contribution in [0.5, 0.6) is 0 Å². The van der Waals surface area contributed by atoms with Gasteiger partial charge in [0.15, 0.2) is 0 Å². The molecule has 132 valence electrons. The van der Waals surface area contributed by atoms with Crippen LogP contribution in [0.15, 0.2) is 47.1 Å². The maximum Gasteiger partial charge on any atom is 0.338 e. The van der Waals surface area contributed by atoms with Gasteiger partial charge in [-0.3, -0.25) is 4.79 Å². The largest absolute Gasteiger partial charge is 0.469 e. The normalized spacial score (nSPS) is 16.2. The van der Waals surface area contributed by atoms with Gasteiger partial charge in [-0.05, 0) is 17.7 Å². The second kappa shape index (κ2) is 7.86. The van der Waals surface area contributed by atoms with E-state index in [1.54, 1.807) is 24.3 Å². The molecule has 2 N–H and O–H groups in total. The van der Waals surface area contributed by atoms with E-state index < -0.39 is 17.9 Å². The van der Waals surface area contributed by atoms with Crippen molar-refractivity contribution in [3.8, 4) is 12.1 Å². The van der Waals surface area contributed by atoms with E-state index in [1.807, 2.05) is 12.1 Å². The van der Waals surface area contributed by atoms with Gasteiger partial charge in [0.05, 0.1) is 37.3 Å². The SMILES string of the molecule is COC(=O)CC1=C(C(=O)OC)[C@H](c2ccc(C#N)cc2)C(C#N)=C(N)O1. The number of methoxy groups -OCH3 is 2. The van der Waals surface area contributed by atoms with Crippen LogP contribution in [0.2, 0.25) is 0 Å². The molecule has 0 spiro atoms. The third-order valence-electron chi connectivity index (χ3n) is 3.81. The monoisotopic (exact) mass is 353 g/mol. The van der Waals surface area contributed by atoms with Crippen LogP contribution in [0.1, 0.15) is 23.5 Å². The van der Waals surface area contributed by atoms with Crippen molar-refractivity contribution in [2.24, 2.45) is 5.73 Å². The Kier molecular flexibility index (Phi) is 5.61. The molecule has 0 aliphatic carbocycles. The summed E-state index contributed by atoms with van der Waals surface area (Å²) in [5.41, 5.74) is 6.75. The van der Waals surface area contributed by atoms with E-state index in [0.717, 1.165) is 0 Å². The van der Waals surface area contributed by atoms with E-state index in [0.29, 0.717) is 11.1 Å². The molecule has 0 aromatic heterocycles. The summed E-state index contributed by atoms with van der Waals surface area (Å²) in [4.78, 5) is 24.1. The van der Waals surface area contributed by atoms with Gasteiger partial charge >= 0.3 is 11.9 Å². The first-order chi connectivity index (χ1) is 12.5. The Morgan fingerprint density at radius 3 is 2.31 bits per heavy atom. The van der Waals surface area contributed by atoms with Crippen molar-refractivity contribution in [2.45, 2.75) is 12.3 Å². The Balaban J connectivity index is 2.67. The van der Waals surface area contributed by atoms with Gasteiger partial charge in [-0.15, -0.1) is 0 Å². The van der Waals surface area contributed by atoms with Gasteiger partial charge < -0.3 is 19.9 Å². The Labute approximate surface area is 149 Å². The number of benzene rings is 1. The van der Waals surface area contributed by atoms with Gasteiger partial charge in [0.2, 0.25) is 5.88 Å². The molecule has 26 heavy (non-hydrogen) atoms. The molecule has 1 aromatic carbocycles. The smallest absolute Gasteiger partial charge is 0.338 e. The zero-order valence-electron chi connectivity index (χ0n) is 14.1. The molecule has 0 bridgehead atoms. The molecule has 8 nitrogen and oxygen atoms in total. The third-order valence-corrected chi connectivity index (χ3v) is 3.81. The van der Waals surface area contributed by atoms with Gasteiger partial charge in [-0.25, -0.2) is 4.79 Å². The van der Waals surface area contributed by atoms with Crippen LogP contribution in [-0.2, 0) is 23.8 Å². The van der Waals surface area contributed by atoms with E-state index in [9.17, 15) is 14.9 Å². The molecule has 0 saturated heterocycles. The molecule has 0 fully saturated rings. The summed E-state index contributed by atoms with van der Waals surface area (Å²) >= 11 is 0. The lowest BCUT2D eigenvalue weighted by atomic mass is 9.82. The average Bonchev–Trinajstić information content (AvgIpc) is 2.66. The number of hydrogen-bond acceptors (Lipinski definition) is 8. The molecule has 1 aromatic rings. The van der Waals surface area contributed by atoms with Gasteiger partial charge in [0, 0.05) is 0 Å². The van der Waals surface area contributed by atoms with Crippen LogP contribution >= 0.6 is 0 Å². The number of ether oxygens (including phenoxy) is 3. The quantitative estimate of drug-likeness (QED) is 0.801. The zero-order chi connectivity index (χ0) is 19.3. The minimum Gasteiger partial charge on any atom is -0.469 e. The van der Waals surface area contributed by atoms with Crippen molar-refractivity contribution < 1.29 is 23.8 Å². The Hall–Kier alpha value is -3.78. The summed E-state index contributed by atoms with van der Waals surface area (Å²) in [5, 5.41) is 18.4. The van der Waals surface area contributed by atoms with Crippen molar-refractivity contribution in [2.75, 3.05) is 14.2 Å². The highest BCUT2D eigenvalue weighted by Gasteiger charge is 2.38. The minimum atomic E-state index is -0.895. The number of nitrogens with two attached hydrogens (primary N) is 1. The predicted molar refractivity (Wildman–Crippen MR) is 87.5 cm³/mol. The predicted octanol–water partition coefficient (Wildman–Crippen LogP) is 1.36. The molecular weight excluding hydrogens is 338 g/mol. The number of carbonyl (C=O) groups is 2. The van der Waals surface area contributed by atoms with Gasteiger partial charge in [0.1, 0.15) is 23.8 Å². The van der Waals surface area contributed by atoms with Crippen molar-refractivity contribution in [1.29, 1.82) is 10.5 Å². The fraction of sp³-hybridized carbons (Fsp3) is 0.222. The first kappa shape index (κ1) is 18.6. The third kappa shape index (κ3) is 3.50. The van der Waals surface area contributed by atoms with Crippen molar-refractivity contribution in [3.63, 3.8) is 0 Å². The number of esters is 2. The molecule has 1 atom stereocenters.